The van der Waals surface area contributed by atoms with E-state index in [1.165, 1.54) is 31.2 Å². The molecule has 0 aromatic heterocycles. The Kier molecular flexibility index (Phi) is 7.09. The normalized spacial score (nSPS) is 11.5. The van der Waals surface area contributed by atoms with E-state index in [1.54, 1.807) is 25.1 Å². The minimum atomic E-state index is -4.18. The quantitative estimate of drug-likeness (QED) is 0.669. The first-order valence-electron chi connectivity index (χ1n) is 8.51. The van der Waals surface area contributed by atoms with E-state index in [4.69, 9.17) is 4.74 Å². The molecule has 0 aliphatic rings. The molecule has 0 heterocycles. The Labute approximate surface area is 163 Å². The van der Waals surface area contributed by atoms with Gasteiger partial charge in [-0.15, -0.1) is 0 Å². The standard InChI is InChI=1S/C19H22F2N2O4S/c1-4-23(28(25,26)18-11-15(20)9-10-17(18)27-3)13-19(24)22(2)12-14-7-5-6-8-16(14)21/h5-11H,4,12-13H2,1-3H3. The van der Waals surface area contributed by atoms with Crippen LogP contribution in [0.4, 0.5) is 8.78 Å². The molecule has 9 heteroatoms. The van der Waals surface area contributed by atoms with Crippen molar-refractivity contribution in [3.8, 4) is 5.75 Å². The van der Waals surface area contributed by atoms with Gasteiger partial charge in [0.1, 0.15) is 22.3 Å². The second kappa shape index (κ2) is 9.11. The lowest BCUT2D eigenvalue weighted by atomic mass is 10.2. The van der Waals surface area contributed by atoms with E-state index in [1.807, 2.05) is 0 Å². The second-order valence-corrected chi connectivity index (χ2v) is 7.97. The van der Waals surface area contributed by atoms with Crippen LogP contribution in [0.15, 0.2) is 47.4 Å². The van der Waals surface area contributed by atoms with Gasteiger partial charge in [-0.25, -0.2) is 17.2 Å². The first-order valence-corrected chi connectivity index (χ1v) is 9.95. The average molecular weight is 412 g/mol. The molecule has 0 radical (unpaired) electrons. The number of rotatable bonds is 8. The predicted octanol–water partition coefficient (Wildman–Crippen LogP) is 2.64. The fourth-order valence-corrected chi connectivity index (χ4v) is 4.17. The minimum Gasteiger partial charge on any atom is -0.495 e. The van der Waals surface area contributed by atoms with E-state index in [0.29, 0.717) is 5.56 Å². The number of sulfonamides is 1. The van der Waals surface area contributed by atoms with Crippen molar-refractivity contribution in [3.63, 3.8) is 0 Å². The van der Waals surface area contributed by atoms with E-state index in [9.17, 15) is 22.0 Å². The van der Waals surface area contributed by atoms with Crippen LogP contribution in [0, 0.1) is 11.6 Å². The lowest BCUT2D eigenvalue weighted by molar-refractivity contribution is -0.130. The number of nitrogens with zero attached hydrogens (tertiary/aromatic N) is 2. The Bertz CT molecular complexity index is 951. The van der Waals surface area contributed by atoms with Gasteiger partial charge in [-0.3, -0.25) is 4.79 Å². The van der Waals surface area contributed by atoms with Crippen LogP contribution in [-0.4, -0.2) is 50.8 Å². The number of carbonyl (C=O) groups is 1. The Morgan fingerprint density at radius 2 is 1.82 bits per heavy atom. The summed E-state index contributed by atoms with van der Waals surface area (Å²) in [4.78, 5) is 13.4. The van der Waals surface area contributed by atoms with Gasteiger partial charge in [0.2, 0.25) is 15.9 Å². The van der Waals surface area contributed by atoms with E-state index < -0.39 is 34.1 Å². The summed E-state index contributed by atoms with van der Waals surface area (Å²) in [6, 6.07) is 9.17. The van der Waals surface area contributed by atoms with Crippen LogP contribution in [0.1, 0.15) is 12.5 Å². The zero-order valence-corrected chi connectivity index (χ0v) is 16.7. The van der Waals surface area contributed by atoms with Crippen LogP contribution < -0.4 is 4.74 Å². The fraction of sp³-hybridized carbons (Fsp3) is 0.316. The molecule has 0 spiro atoms. The zero-order valence-electron chi connectivity index (χ0n) is 15.9. The van der Waals surface area contributed by atoms with Gasteiger partial charge in [0.15, 0.2) is 0 Å². The summed E-state index contributed by atoms with van der Waals surface area (Å²) in [5, 5.41) is 0. The van der Waals surface area contributed by atoms with E-state index in [2.05, 4.69) is 0 Å². The monoisotopic (exact) mass is 412 g/mol. The van der Waals surface area contributed by atoms with Crippen molar-refractivity contribution < 1.29 is 26.7 Å². The summed E-state index contributed by atoms with van der Waals surface area (Å²) in [5.41, 5.74) is 0.316. The third-order valence-corrected chi connectivity index (χ3v) is 6.14. The summed E-state index contributed by atoms with van der Waals surface area (Å²) < 4.78 is 59.1. The minimum absolute atomic E-state index is 0.00754. The molecule has 2 rings (SSSR count). The summed E-state index contributed by atoms with van der Waals surface area (Å²) >= 11 is 0. The molecule has 0 unspecified atom stereocenters. The van der Waals surface area contributed by atoms with Gasteiger partial charge in [0, 0.05) is 25.7 Å². The Morgan fingerprint density at radius 1 is 1.14 bits per heavy atom. The molecule has 28 heavy (non-hydrogen) atoms. The molecule has 0 aliphatic carbocycles. The highest BCUT2D eigenvalue weighted by molar-refractivity contribution is 7.89. The van der Waals surface area contributed by atoms with Gasteiger partial charge in [-0.2, -0.15) is 4.31 Å². The first kappa shape index (κ1) is 21.8. The molecule has 2 aromatic carbocycles. The highest BCUT2D eigenvalue weighted by Crippen LogP contribution is 2.27. The number of carbonyl (C=O) groups excluding carboxylic acids is 1. The Balaban J connectivity index is 2.22. The number of amides is 1. The largest absolute Gasteiger partial charge is 0.495 e. The smallest absolute Gasteiger partial charge is 0.247 e. The molecule has 0 fully saturated rings. The molecule has 0 bridgehead atoms. The molecule has 1 amide bonds. The number of ether oxygens (including phenoxy) is 1. The van der Waals surface area contributed by atoms with Crippen molar-refractivity contribution in [3.05, 3.63) is 59.7 Å². The maximum Gasteiger partial charge on any atom is 0.247 e. The molecule has 0 saturated heterocycles. The average Bonchev–Trinajstić information content (AvgIpc) is 2.67. The summed E-state index contributed by atoms with van der Waals surface area (Å²) in [6.45, 7) is 1.07. The van der Waals surface area contributed by atoms with E-state index >= 15 is 0 Å². The number of likely N-dealkylation sites (N-methyl/N-ethyl adjacent to an activating group) is 2. The van der Waals surface area contributed by atoms with Gasteiger partial charge in [0.25, 0.3) is 0 Å². The first-order chi connectivity index (χ1) is 13.2. The number of halogens is 2. The van der Waals surface area contributed by atoms with Gasteiger partial charge >= 0.3 is 0 Å². The van der Waals surface area contributed by atoms with E-state index in [-0.39, 0.29) is 23.7 Å². The fourth-order valence-electron chi connectivity index (χ4n) is 2.60. The maximum atomic E-state index is 13.8. The molecule has 0 saturated carbocycles. The van der Waals surface area contributed by atoms with Crippen molar-refractivity contribution in [1.29, 1.82) is 0 Å². The predicted molar refractivity (Wildman–Crippen MR) is 100 cm³/mol. The molecular formula is C19H22F2N2O4S. The van der Waals surface area contributed by atoms with Crippen LogP contribution in [-0.2, 0) is 21.4 Å². The molecule has 0 atom stereocenters. The molecular weight excluding hydrogens is 390 g/mol. The Morgan fingerprint density at radius 3 is 2.43 bits per heavy atom. The summed E-state index contributed by atoms with van der Waals surface area (Å²) in [5.74, 6) is -1.74. The topological polar surface area (TPSA) is 66.9 Å². The number of methoxy groups -OCH3 is 1. The maximum absolute atomic E-state index is 13.8. The van der Waals surface area contributed by atoms with Crippen LogP contribution in [0.2, 0.25) is 0 Å². The number of hydrogen-bond donors (Lipinski definition) is 0. The van der Waals surface area contributed by atoms with E-state index in [0.717, 1.165) is 16.4 Å². The third-order valence-electron chi connectivity index (χ3n) is 4.20. The molecule has 152 valence electrons. The van der Waals surface area contributed by atoms with Crippen LogP contribution in [0.3, 0.4) is 0 Å². The lowest BCUT2D eigenvalue weighted by Gasteiger charge is -2.24. The van der Waals surface area contributed by atoms with Crippen molar-refractivity contribution in [1.82, 2.24) is 9.21 Å². The molecule has 0 N–H and O–H groups in total. The molecule has 6 nitrogen and oxygen atoms in total. The second-order valence-electron chi connectivity index (χ2n) is 6.07. The van der Waals surface area contributed by atoms with Crippen LogP contribution in [0.25, 0.3) is 0 Å². The summed E-state index contributed by atoms with van der Waals surface area (Å²) in [7, 11) is -1.45. The lowest BCUT2D eigenvalue weighted by Crippen LogP contribution is -2.41. The van der Waals surface area contributed by atoms with Crippen molar-refractivity contribution >= 4 is 15.9 Å². The van der Waals surface area contributed by atoms with Gasteiger partial charge in [-0.1, -0.05) is 25.1 Å². The van der Waals surface area contributed by atoms with Crippen molar-refractivity contribution in [2.75, 3.05) is 27.2 Å². The third kappa shape index (κ3) is 4.85. The van der Waals surface area contributed by atoms with Gasteiger partial charge in [0.05, 0.1) is 13.7 Å². The molecule has 0 aliphatic heterocycles. The highest BCUT2D eigenvalue weighted by Gasteiger charge is 2.29. The van der Waals surface area contributed by atoms with Crippen molar-refractivity contribution in [2.45, 2.75) is 18.4 Å². The number of hydrogen-bond acceptors (Lipinski definition) is 4. The van der Waals surface area contributed by atoms with Crippen LogP contribution >= 0.6 is 0 Å². The highest BCUT2D eigenvalue weighted by atomic mass is 32.2. The number of benzene rings is 2. The Hall–Kier alpha value is -2.52. The summed E-state index contributed by atoms with van der Waals surface area (Å²) in [6.07, 6.45) is 0. The van der Waals surface area contributed by atoms with Crippen molar-refractivity contribution in [2.24, 2.45) is 0 Å². The van der Waals surface area contributed by atoms with Gasteiger partial charge in [-0.05, 0) is 24.3 Å². The van der Waals surface area contributed by atoms with Gasteiger partial charge < -0.3 is 9.64 Å². The van der Waals surface area contributed by atoms with Crippen LogP contribution in [0.5, 0.6) is 5.75 Å². The molecule has 2 aromatic rings. The zero-order chi connectivity index (χ0) is 20.9. The SMILES string of the molecule is CCN(CC(=O)N(C)Cc1ccccc1F)S(=O)(=O)c1cc(F)ccc1OC.